The molecule has 23 heavy (non-hydrogen) atoms. The highest BCUT2D eigenvalue weighted by Crippen LogP contribution is 2.55. The van der Waals surface area contributed by atoms with E-state index >= 15 is 0 Å². The average Bonchev–Trinajstić information content (AvgIpc) is 3.16. The van der Waals surface area contributed by atoms with Gasteiger partial charge >= 0.3 is 0 Å². The van der Waals surface area contributed by atoms with Gasteiger partial charge in [-0.1, -0.05) is 17.7 Å². The van der Waals surface area contributed by atoms with E-state index in [1.54, 1.807) is 23.8 Å². The second kappa shape index (κ2) is 5.04. The first-order valence-corrected chi connectivity index (χ1v) is 7.66. The molecule has 1 unspecified atom stereocenters. The third-order valence-corrected chi connectivity index (χ3v) is 4.58. The van der Waals surface area contributed by atoms with Gasteiger partial charge in [0, 0.05) is 18.0 Å². The zero-order valence-corrected chi connectivity index (χ0v) is 13.0. The summed E-state index contributed by atoms with van der Waals surface area (Å²) in [6.45, 7) is 1.76. The maximum atomic E-state index is 14.0. The molecule has 1 saturated carbocycles. The van der Waals surface area contributed by atoms with Crippen LogP contribution in [0.15, 0.2) is 30.6 Å². The molecular formula is C17H12ClFN4. The first-order valence-electron chi connectivity index (χ1n) is 7.28. The van der Waals surface area contributed by atoms with Crippen molar-refractivity contribution in [3.8, 4) is 6.07 Å². The molecule has 1 aliphatic rings. The van der Waals surface area contributed by atoms with Gasteiger partial charge in [0.25, 0.3) is 0 Å². The zero-order valence-electron chi connectivity index (χ0n) is 12.3. The fraction of sp³-hybridized carbons (Fsp3) is 0.235. The fourth-order valence-corrected chi connectivity index (χ4v) is 3.41. The normalized spacial score (nSPS) is 19.7. The van der Waals surface area contributed by atoms with Crippen LogP contribution in [-0.2, 0) is 0 Å². The molecule has 1 aliphatic carbocycles. The smallest absolute Gasteiger partial charge is 0.157 e. The molecule has 3 aromatic rings. The van der Waals surface area contributed by atoms with Crippen LogP contribution in [0.5, 0.6) is 0 Å². The lowest BCUT2D eigenvalue weighted by Gasteiger charge is -2.07. The van der Waals surface area contributed by atoms with Crippen LogP contribution in [0.3, 0.4) is 0 Å². The summed E-state index contributed by atoms with van der Waals surface area (Å²) >= 11 is 6.08. The van der Waals surface area contributed by atoms with Crippen LogP contribution >= 0.6 is 11.6 Å². The van der Waals surface area contributed by atoms with Gasteiger partial charge in [-0.2, -0.15) is 10.4 Å². The molecule has 0 radical (unpaired) electrons. The molecule has 114 valence electrons. The van der Waals surface area contributed by atoms with Crippen molar-refractivity contribution in [3.05, 3.63) is 63.8 Å². The first kappa shape index (κ1) is 14.2. The summed E-state index contributed by atoms with van der Waals surface area (Å²) in [7, 11) is 0. The van der Waals surface area contributed by atoms with Crippen molar-refractivity contribution in [1.29, 1.82) is 5.26 Å². The van der Waals surface area contributed by atoms with Crippen LogP contribution in [-0.4, -0.2) is 14.6 Å². The van der Waals surface area contributed by atoms with Crippen LogP contribution in [0.25, 0.3) is 5.65 Å². The minimum atomic E-state index is -0.452. The lowest BCUT2D eigenvalue weighted by Crippen LogP contribution is -1.97. The Hall–Kier alpha value is -2.45. The van der Waals surface area contributed by atoms with Gasteiger partial charge in [0.05, 0.1) is 5.56 Å². The van der Waals surface area contributed by atoms with E-state index in [4.69, 9.17) is 16.9 Å². The number of fused-ring (bicyclic) bond motifs is 1. The molecule has 0 aliphatic heterocycles. The number of imidazole rings is 1. The number of rotatable bonds is 2. The van der Waals surface area contributed by atoms with E-state index in [0.29, 0.717) is 10.7 Å². The largest absolute Gasteiger partial charge is 0.235 e. The molecule has 2 aromatic heterocycles. The Kier molecular flexibility index (Phi) is 3.10. The molecule has 4 rings (SSSR count). The Bertz CT molecular complexity index is 949. The minimum absolute atomic E-state index is 0.119. The molecule has 1 fully saturated rings. The first-order chi connectivity index (χ1) is 11.1. The van der Waals surface area contributed by atoms with Gasteiger partial charge in [-0.25, -0.2) is 13.9 Å². The average molecular weight is 327 g/mol. The van der Waals surface area contributed by atoms with Crippen molar-refractivity contribution >= 4 is 17.2 Å². The van der Waals surface area contributed by atoms with Crippen molar-refractivity contribution in [2.45, 2.75) is 25.2 Å². The number of aromatic nitrogens is 3. The monoisotopic (exact) mass is 326 g/mol. The molecule has 2 atom stereocenters. The van der Waals surface area contributed by atoms with Gasteiger partial charge in [0.1, 0.15) is 17.0 Å². The molecule has 0 saturated heterocycles. The van der Waals surface area contributed by atoms with E-state index in [9.17, 15) is 4.39 Å². The number of hydrogen-bond donors (Lipinski definition) is 0. The highest BCUT2D eigenvalue weighted by atomic mass is 35.5. The Morgan fingerprint density at radius 3 is 2.91 bits per heavy atom. The van der Waals surface area contributed by atoms with Gasteiger partial charge in [0.15, 0.2) is 5.65 Å². The zero-order chi connectivity index (χ0) is 16.1. The van der Waals surface area contributed by atoms with Crippen molar-refractivity contribution in [1.82, 2.24) is 14.6 Å². The summed E-state index contributed by atoms with van der Waals surface area (Å²) in [4.78, 5) is 4.34. The van der Waals surface area contributed by atoms with E-state index < -0.39 is 5.82 Å². The molecule has 0 spiro atoms. The summed E-state index contributed by atoms with van der Waals surface area (Å²) < 4.78 is 15.7. The number of benzene rings is 1. The Morgan fingerprint density at radius 1 is 1.35 bits per heavy atom. The fourth-order valence-electron chi connectivity index (χ4n) is 3.22. The van der Waals surface area contributed by atoms with Crippen LogP contribution in [0.2, 0.25) is 5.15 Å². The Labute approximate surface area is 137 Å². The van der Waals surface area contributed by atoms with Gasteiger partial charge < -0.3 is 0 Å². The second-order valence-electron chi connectivity index (χ2n) is 5.87. The number of nitrogens with zero attached hydrogens (tertiary/aromatic N) is 4. The molecular weight excluding hydrogens is 315 g/mol. The quantitative estimate of drug-likeness (QED) is 0.716. The highest BCUT2D eigenvalue weighted by molar-refractivity contribution is 6.29. The predicted molar refractivity (Wildman–Crippen MR) is 83.9 cm³/mol. The van der Waals surface area contributed by atoms with Crippen LogP contribution in [0.1, 0.15) is 40.5 Å². The van der Waals surface area contributed by atoms with Crippen LogP contribution in [0, 0.1) is 24.1 Å². The van der Waals surface area contributed by atoms with Crippen LogP contribution < -0.4 is 0 Å². The number of halogens is 2. The van der Waals surface area contributed by atoms with E-state index in [0.717, 1.165) is 23.2 Å². The van der Waals surface area contributed by atoms with Crippen molar-refractivity contribution < 1.29 is 4.39 Å². The lowest BCUT2D eigenvalue weighted by molar-refractivity contribution is 0.620. The summed E-state index contributed by atoms with van der Waals surface area (Å²) in [5.41, 5.74) is 3.53. The maximum Gasteiger partial charge on any atom is 0.157 e. The molecule has 0 N–H and O–H groups in total. The summed E-state index contributed by atoms with van der Waals surface area (Å²) in [6.07, 6.45) is 4.35. The molecule has 4 nitrogen and oxygen atoms in total. The molecule has 0 bridgehead atoms. The van der Waals surface area contributed by atoms with E-state index in [2.05, 4.69) is 10.1 Å². The topological polar surface area (TPSA) is 54.0 Å². The number of hydrogen-bond acceptors (Lipinski definition) is 3. The summed E-state index contributed by atoms with van der Waals surface area (Å²) in [5, 5.41) is 13.6. The number of nitriles is 1. The summed E-state index contributed by atoms with van der Waals surface area (Å²) in [5.74, 6) is 0.00825. The maximum absolute atomic E-state index is 14.0. The summed E-state index contributed by atoms with van der Waals surface area (Å²) in [6, 6.07) is 7.12. The van der Waals surface area contributed by atoms with Gasteiger partial charge in [-0.15, -0.1) is 0 Å². The molecule has 2 heterocycles. The van der Waals surface area contributed by atoms with Gasteiger partial charge in [-0.05, 0) is 48.4 Å². The Morgan fingerprint density at radius 2 is 2.17 bits per heavy atom. The van der Waals surface area contributed by atoms with Crippen molar-refractivity contribution in [2.24, 2.45) is 0 Å². The molecule has 6 heteroatoms. The van der Waals surface area contributed by atoms with Gasteiger partial charge in [-0.3, -0.25) is 0 Å². The second-order valence-corrected chi connectivity index (χ2v) is 6.26. The van der Waals surface area contributed by atoms with Crippen molar-refractivity contribution in [2.75, 3.05) is 0 Å². The van der Waals surface area contributed by atoms with Crippen molar-refractivity contribution in [3.63, 3.8) is 0 Å². The predicted octanol–water partition coefficient (Wildman–Crippen LogP) is 3.97. The third-order valence-electron chi connectivity index (χ3n) is 4.40. The standard InChI is InChI=1S/C17H12ClFN4/c1-9-4-10(5-15(19)14(9)8-20)11-6-12(11)13-7-16(18)22-23-3-2-21-17(13)23/h2-5,7,11-12H,6H2,1H3/t11-,12?/m1/s1. The SMILES string of the molecule is Cc1cc([C@H]2CC2c2cc(Cl)nn3ccnc23)cc(F)c1C#N. The van der Waals surface area contributed by atoms with Gasteiger partial charge in [0.2, 0.25) is 0 Å². The Balaban J connectivity index is 1.73. The molecule has 1 aromatic carbocycles. The van der Waals surface area contributed by atoms with E-state index in [1.165, 1.54) is 6.07 Å². The minimum Gasteiger partial charge on any atom is -0.235 e. The third kappa shape index (κ3) is 2.27. The lowest BCUT2D eigenvalue weighted by atomic mass is 10.00. The van der Waals surface area contributed by atoms with Crippen LogP contribution in [0.4, 0.5) is 4.39 Å². The number of aryl methyl sites for hydroxylation is 1. The van der Waals surface area contributed by atoms with E-state index in [1.807, 2.05) is 18.2 Å². The highest BCUT2D eigenvalue weighted by Gasteiger charge is 2.41. The molecule has 0 amide bonds. The van der Waals surface area contributed by atoms with E-state index in [-0.39, 0.29) is 17.4 Å².